The van der Waals surface area contributed by atoms with E-state index in [0.717, 1.165) is 6.42 Å². The molecule has 0 radical (unpaired) electrons. The number of carbonyl (C=O) groups excluding carboxylic acids is 1. The number of hydrogen-bond acceptors (Lipinski definition) is 3. The Morgan fingerprint density at radius 1 is 1.10 bits per heavy atom. The summed E-state index contributed by atoms with van der Waals surface area (Å²) < 4.78 is 0. The van der Waals surface area contributed by atoms with Gasteiger partial charge < -0.3 is 15.5 Å². The molecule has 0 bridgehead atoms. The van der Waals surface area contributed by atoms with Crippen molar-refractivity contribution in [1.29, 1.82) is 0 Å². The molecule has 0 aliphatic rings. The van der Waals surface area contributed by atoms with Crippen molar-refractivity contribution in [2.24, 2.45) is 0 Å². The van der Waals surface area contributed by atoms with Crippen LogP contribution in [0.3, 0.4) is 0 Å². The first-order chi connectivity index (χ1) is 9.45. The van der Waals surface area contributed by atoms with Gasteiger partial charge in [0.2, 0.25) is 0 Å². The van der Waals surface area contributed by atoms with E-state index in [4.69, 9.17) is 10.2 Å². The number of carboxylic acids is 2. The molecular formula is C14H17NO5. The molecule has 0 aliphatic heterocycles. The van der Waals surface area contributed by atoms with Crippen molar-refractivity contribution in [2.75, 3.05) is 0 Å². The van der Waals surface area contributed by atoms with Gasteiger partial charge >= 0.3 is 11.9 Å². The molecule has 108 valence electrons. The molecule has 0 heterocycles. The summed E-state index contributed by atoms with van der Waals surface area (Å²) in [7, 11) is 0. The number of carbonyl (C=O) groups is 3. The Bertz CT molecular complexity index is 495. The number of nitrogens with one attached hydrogen (secondary N) is 1. The number of unbranched alkanes of at least 4 members (excludes halogenated alkanes) is 1. The summed E-state index contributed by atoms with van der Waals surface area (Å²) in [5, 5.41) is 20.2. The third-order valence-corrected chi connectivity index (χ3v) is 2.84. The average Bonchev–Trinajstić information content (AvgIpc) is 2.42. The van der Waals surface area contributed by atoms with Crippen LogP contribution in [0.1, 0.15) is 46.9 Å². The molecule has 1 aromatic rings. The van der Waals surface area contributed by atoms with Gasteiger partial charge in [-0.05, 0) is 30.7 Å². The lowest BCUT2D eigenvalue weighted by atomic mass is 10.1. The van der Waals surface area contributed by atoms with E-state index in [-0.39, 0.29) is 11.1 Å². The molecule has 0 saturated carbocycles. The largest absolute Gasteiger partial charge is 0.480 e. The summed E-state index contributed by atoms with van der Waals surface area (Å²) in [6.45, 7) is 1.94. The van der Waals surface area contributed by atoms with Gasteiger partial charge in [-0.25, -0.2) is 9.59 Å². The van der Waals surface area contributed by atoms with Crippen LogP contribution in [0.4, 0.5) is 0 Å². The minimum atomic E-state index is -1.08. The molecule has 20 heavy (non-hydrogen) atoms. The standard InChI is InChI=1S/C14H17NO5/c1-2-3-4-11(14(19)20)15-12(16)9-5-7-10(8-6-9)13(17)18/h5-8,11H,2-4H2,1H3,(H,15,16)(H,17,18)(H,19,20)/t11-/m0/s1. The van der Waals surface area contributed by atoms with Gasteiger partial charge in [0, 0.05) is 5.56 Å². The van der Waals surface area contributed by atoms with E-state index in [9.17, 15) is 14.4 Å². The van der Waals surface area contributed by atoms with Crippen LogP contribution in [0.2, 0.25) is 0 Å². The number of rotatable bonds is 7. The third kappa shape index (κ3) is 4.38. The highest BCUT2D eigenvalue weighted by molar-refractivity contribution is 5.97. The van der Waals surface area contributed by atoms with Gasteiger partial charge in [-0.2, -0.15) is 0 Å². The predicted octanol–water partition coefficient (Wildman–Crippen LogP) is 1.76. The maximum absolute atomic E-state index is 11.9. The van der Waals surface area contributed by atoms with Crippen molar-refractivity contribution in [3.8, 4) is 0 Å². The Kier molecular flexibility index (Phi) is 5.71. The van der Waals surface area contributed by atoms with Crippen LogP contribution in [-0.2, 0) is 4.79 Å². The Balaban J connectivity index is 2.73. The molecule has 1 amide bonds. The maximum atomic E-state index is 11.9. The molecule has 0 aromatic heterocycles. The quantitative estimate of drug-likeness (QED) is 0.705. The topological polar surface area (TPSA) is 104 Å². The molecule has 0 saturated heterocycles. The van der Waals surface area contributed by atoms with Crippen molar-refractivity contribution in [2.45, 2.75) is 32.2 Å². The Morgan fingerprint density at radius 3 is 2.10 bits per heavy atom. The van der Waals surface area contributed by atoms with Crippen molar-refractivity contribution in [1.82, 2.24) is 5.32 Å². The fourth-order valence-electron chi connectivity index (χ4n) is 1.67. The van der Waals surface area contributed by atoms with E-state index < -0.39 is 23.9 Å². The van der Waals surface area contributed by atoms with Crippen molar-refractivity contribution < 1.29 is 24.6 Å². The fourth-order valence-corrected chi connectivity index (χ4v) is 1.67. The molecule has 0 fully saturated rings. The second-order valence-corrected chi connectivity index (χ2v) is 4.39. The van der Waals surface area contributed by atoms with Crippen LogP contribution in [0.5, 0.6) is 0 Å². The second kappa shape index (κ2) is 7.28. The van der Waals surface area contributed by atoms with Crippen molar-refractivity contribution in [3.63, 3.8) is 0 Å². The van der Waals surface area contributed by atoms with Crippen LogP contribution in [0.25, 0.3) is 0 Å². The van der Waals surface area contributed by atoms with E-state index in [2.05, 4.69) is 5.32 Å². The summed E-state index contributed by atoms with van der Waals surface area (Å²) in [5.74, 6) is -2.68. The zero-order valence-corrected chi connectivity index (χ0v) is 11.1. The van der Waals surface area contributed by atoms with E-state index in [1.54, 1.807) is 0 Å². The third-order valence-electron chi connectivity index (χ3n) is 2.84. The second-order valence-electron chi connectivity index (χ2n) is 4.39. The first kappa shape index (κ1) is 15.7. The lowest BCUT2D eigenvalue weighted by Gasteiger charge is -2.14. The smallest absolute Gasteiger partial charge is 0.335 e. The molecule has 0 unspecified atom stereocenters. The van der Waals surface area contributed by atoms with Gasteiger partial charge in [-0.15, -0.1) is 0 Å². The molecule has 3 N–H and O–H groups in total. The summed E-state index contributed by atoms with van der Waals surface area (Å²) in [6.07, 6.45) is 1.91. The highest BCUT2D eigenvalue weighted by Crippen LogP contribution is 2.07. The molecule has 0 aliphatic carbocycles. The number of aliphatic carboxylic acids is 1. The SMILES string of the molecule is CCCC[C@H](NC(=O)c1ccc(C(=O)O)cc1)C(=O)O. The number of benzene rings is 1. The van der Waals surface area contributed by atoms with E-state index in [0.29, 0.717) is 12.8 Å². The maximum Gasteiger partial charge on any atom is 0.335 e. The molecule has 1 atom stereocenters. The van der Waals surface area contributed by atoms with Gasteiger partial charge in [0.15, 0.2) is 0 Å². The molecule has 6 nitrogen and oxygen atoms in total. The molecular weight excluding hydrogens is 262 g/mol. The first-order valence-corrected chi connectivity index (χ1v) is 6.32. The number of carboxylic acid groups (broad SMARTS) is 2. The summed E-state index contributed by atoms with van der Waals surface area (Å²) in [5.41, 5.74) is 0.306. The monoisotopic (exact) mass is 279 g/mol. The summed E-state index contributed by atoms with van der Waals surface area (Å²) >= 11 is 0. The minimum absolute atomic E-state index is 0.0716. The van der Waals surface area contributed by atoms with Crippen LogP contribution < -0.4 is 5.32 Å². The van der Waals surface area contributed by atoms with E-state index in [1.165, 1.54) is 24.3 Å². The molecule has 6 heteroatoms. The molecule has 0 spiro atoms. The fraction of sp³-hybridized carbons (Fsp3) is 0.357. The van der Waals surface area contributed by atoms with Gasteiger partial charge in [0.25, 0.3) is 5.91 Å². The lowest BCUT2D eigenvalue weighted by Crippen LogP contribution is -2.40. The zero-order chi connectivity index (χ0) is 15.1. The highest BCUT2D eigenvalue weighted by atomic mass is 16.4. The van der Waals surface area contributed by atoms with Gasteiger partial charge in [0.1, 0.15) is 6.04 Å². The average molecular weight is 279 g/mol. The van der Waals surface area contributed by atoms with Crippen molar-refractivity contribution in [3.05, 3.63) is 35.4 Å². The Labute approximate surface area is 116 Å². The van der Waals surface area contributed by atoms with Crippen LogP contribution in [-0.4, -0.2) is 34.1 Å². The van der Waals surface area contributed by atoms with Gasteiger partial charge in [-0.3, -0.25) is 4.79 Å². The van der Waals surface area contributed by atoms with E-state index in [1.807, 2.05) is 6.92 Å². The Hall–Kier alpha value is -2.37. The summed E-state index contributed by atoms with van der Waals surface area (Å²) in [6, 6.07) is 4.40. The highest BCUT2D eigenvalue weighted by Gasteiger charge is 2.20. The van der Waals surface area contributed by atoms with E-state index >= 15 is 0 Å². The first-order valence-electron chi connectivity index (χ1n) is 6.32. The van der Waals surface area contributed by atoms with Crippen LogP contribution >= 0.6 is 0 Å². The van der Waals surface area contributed by atoms with Crippen LogP contribution in [0, 0.1) is 0 Å². The van der Waals surface area contributed by atoms with Crippen LogP contribution in [0.15, 0.2) is 24.3 Å². The lowest BCUT2D eigenvalue weighted by molar-refractivity contribution is -0.139. The van der Waals surface area contributed by atoms with Crippen molar-refractivity contribution >= 4 is 17.8 Å². The zero-order valence-electron chi connectivity index (χ0n) is 11.1. The van der Waals surface area contributed by atoms with Gasteiger partial charge in [-0.1, -0.05) is 19.8 Å². The Morgan fingerprint density at radius 2 is 1.65 bits per heavy atom. The molecule has 1 aromatic carbocycles. The number of amides is 1. The number of hydrogen-bond donors (Lipinski definition) is 3. The molecule has 1 rings (SSSR count). The minimum Gasteiger partial charge on any atom is -0.480 e. The predicted molar refractivity (Wildman–Crippen MR) is 71.8 cm³/mol. The summed E-state index contributed by atoms with van der Waals surface area (Å²) in [4.78, 5) is 33.6. The number of aromatic carboxylic acids is 1. The van der Waals surface area contributed by atoms with Gasteiger partial charge in [0.05, 0.1) is 5.56 Å². The normalized spacial score (nSPS) is 11.7.